The van der Waals surface area contributed by atoms with Gasteiger partial charge in [-0.3, -0.25) is 4.18 Å². The molecule has 21 heavy (non-hydrogen) atoms. The zero-order valence-corrected chi connectivity index (χ0v) is 12.9. The highest BCUT2D eigenvalue weighted by atomic mass is 32.2. The van der Waals surface area contributed by atoms with Crippen molar-refractivity contribution in [3.63, 3.8) is 0 Å². The molecule has 0 atom stereocenters. The molecule has 0 spiro atoms. The molecule has 0 aromatic heterocycles. The number of hydrogen-bond donors (Lipinski definition) is 2. The van der Waals surface area contributed by atoms with E-state index in [1.54, 1.807) is 12.1 Å². The summed E-state index contributed by atoms with van der Waals surface area (Å²) in [6.07, 6.45) is 1.95. The molecule has 0 bridgehead atoms. The summed E-state index contributed by atoms with van der Waals surface area (Å²) in [6, 6.07) is 6.52. The highest BCUT2D eigenvalue weighted by Crippen LogP contribution is 2.14. The average Bonchev–Trinajstić information content (AvgIpc) is 2.42. The largest absolute Gasteiger partial charge is 0.465 e. The maximum absolute atomic E-state index is 11.9. The number of aryl methyl sites for hydroxylation is 1. The summed E-state index contributed by atoms with van der Waals surface area (Å²) in [5.41, 5.74) is 0.990. The highest BCUT2D eigenvalue weighted by molar-refractivity contribution is 7.86. The Morgan fingerprint density at radius 1 is 1.14 bits per heavy atom. The van der Waals surface area contributed by atoms with Gasteiger partial charge in [0.1, 0.15) is 0 Å². The first kappa shape index (κ1) is 17.5. The normalized spacial score (nSPS) is 11.3. The standard InChI is InChI=1S/C14H21NO5S/c1-12-6-8-13(9-7-12)21(18,19)20-11-5-3-2-4-10-15-14(16)17/h6-9,15H,2-5,10-11H2,1H3,(H,16,17). The quantitative estimate of drug-likeness (QED) is 0.539. The zero-order chi connectivity index (χ0) is 15.7. The summed E-state index contributed by atoms with van der Waals surface area (Å²) < 4.78 is 28.7. The van der Waals surface area contributed by atoms with Crippen LogP contribution in [0.25, 0.3) is 0 Å². The van der Waals surface area contributed by atoms with Crippen molar-refractivity contribution in [2.45, 2.75) is 37.5 Å². The topological polar surface area (TPSA) is 92.7 Å². The fourth-order valence-corrected chi connectivity index (χ4v) is 2.66. The second-order valence-electron chi connectivity index (χ2n) is 4.74. The lowest BCUT2D eigenvalue weighted by atomic mass is 10.2. The van der Waals surface area contributed by atoms with Gasteiger partial charge in [-0.2, -0.15) is 8.42 Å². The lowest BCUT2D eigenvalue weighted by Gasteiger charge is -2.06. The Hall–Kier alpha value is -1.60. The molecule has 0 aliphatic rings. The van der Waals surface area contributed by atoms with Gasteiger partial charge >= 0.3 is 6.09 Å². The molecule has 1 amide bonds. The number of amides is 1. The first-order valence-electron chi connectivity index (χ1n) is 6.85. The third-order valence-electron chi connectivity index (χ3n) is 2.90. The van der Waals surface area contributed by atoms with Crippen LogP contribution >= 0.6 is 0 Å². The molecule has 0 unspecified atom stereocenters. The minimum atomic E-state index is -3.68. The molecule has 0 saturated carbocycles. The fraction of sp³-hybridized carbons (Fsp3) is 0.500. The Bertz CT molecular complexity index is 539. The van der Waals surface area contributed by atoms with Gasteiger partial charge in [-0.05, 0) is 31.9 Å². The fourth-order valence-electron chi connectivity index (χ4n) is 1.72. The van der Waals surface area contributed by atoms with Crippen LogP contribution in [0.1, 0.15) is 31.2 Å². The molecule has 0 aliphatic heterocycles. The van der Waals surface area contributed by atoms with Gasteiger partial charge in [0.2, 0.25) is 0 Å². The molecule has 1 rings (SSSR count). The average molecular weight is 315 g/mol. The zero-order valence-electron chi connectivity index (χ0n) is 12.0. The van der Waals surface area contributed by atoms with E-state index in [2.05, 4.69) is 5.32 Å². The molecule has 6 nitrogen and oxygen atoms in total. The van der Waals surface area contributed by atoms with E-state index in [0.717, 1.165) is 24.8 Å². The van der Waals surface area contributed by atoms with Crippen molar-refractivity contribution in [3.05, 3.63) is 29.8 Å². The van der Waals surface area contributed by atoms with E-state index in [1.807, 2.05) is 6.92 Å². The summed E-state index contributed by atoms with van der Waals surface area (Å²) in [4.78, 5) is 10.4. The van der Waals surface area contributed by atoms with Gasteiger partial charge in [0.15, 0.2) is 0 Å². The van der Waals surface area contributed by atoms with Crippen LogP contribution in [0, 0.1) is 6.92 Å². The number of carboxylic acid groups (broad SMARTS) is 1. The first-order chi connectivity index (χ1) is 9.92. The van der Waals surface area contributed by atoms with Crippen molar-refractivity contribution < 1.29 is 22.5 Å². The van der Waals surface area contributed by atoms with Gasteiger partial charge in [0, 0.05) is 6.54 Å². The molecular formula is C14H21NO5S. The monoisotopic (exact) mass is 315 g/mol. The second kappa shape index (κ2) is 8.63. The van der Waals surface area contributed by atoms with Crippen LogP contribution in [-0.4, -0.2) is 32.8 Å². The molecule has 118 valence electrons. The van der Waals surface area contributed by atoms with Crippen LogP contribution in [0.5, 0.6) is 0 Å². The van der Waals surface area contributed by atoms with Gasteiger partial charge in [0.05, 0.1) is 11.5 Å². The predicted molar refractivity (Wildman–Crippen MR) is 78.8 cm³/mol. The number of nitrogens with one attached hydrogen (secondary N) is 1. The van der Waals surface area contributed by atoms with Crippen LogP contribution in [0.3, 0.4) is 0 Å². The van der Waals surface area contributed by atoms with E-state index in [1.165, 1.54) is 12.1 Å². The molecule has 1 aromatic rings. The third-order valence-corrected chi connectivity index (χ3v) is 4.22. The van der Waals surface area contributed by atoms with Crippen molar-refractivity contribution in [1.82, 2.24) is 5.32 Å². The van der Waals surface area contributed by atoms with Crippen molar-refractivity contribution in [1.29, 1.82) is 0 Å². The van der Waals surface area contributed by atoms with Crippen LogP contribution in [-0.2, 0) is 14.3 Å². The molecule has 0 saturated heterocycles. The van der Waals surface area contributed by atoms with Crippen molar-refractivity contribution >= 4 is 16.2 Å². The Labute approximate surface area is 125 Å². The first-order valence-corrected chi connectivity index (χ1v) is 8.25. The van der Waals surface area contributed by atoms with Gasteiger partial charge in [0.25, 0.3) is 10.1 Å². The maximum Gasteiger partial charge on any atom is 0.404 e. The predicted octanol–water partition coefficient (Wildman–Crippen LogP) is 2.53. The lowest BCUT2D eigenvalue weighted by molar-refractivity contribution is 0.194. The van der Waals surface area contributed by atoms with Gasteiger partial charge in [-0.15, -0.1) is 0 Å². The molecule has 0 fully saturated rings. The van der Waals surface area contributed by atoms with E-state index in [-0.39, 0.29) is 11.5 Å². The Morgan fingerprint density at radius 2 is 1.76 bits per heavy atom. The Morgan fingerprint density at radius 3 is 2.38 bits per heavy atom. The summed E-state index contributed by atoms with van der Waals surface area (Å²) in [6.45, 7) is 2.44. The molecule has 1 aromatic carbocycles. The SMILES string of the molecule is Cc1ccc(S(=O)(=O)OCCCCCCNC(=O)O)cc1. The number of carbonyl (C=O) groups is 1. The summed E-state index contributed by atoms with van der Waals surface area (Å²) in [5.74, 6) is 0. The van der Waals surface area contributed by atoms with E-state index in [0.29, 0.717) is 13.0 Å². The highest BCUT2D eigenvalue weighted by Gasteiger charge is 2.14. The summed E-state index contributed by atoms with van der Waals surface area (Å²) in [5, 5.41) is 10.6. The van der Waals surface area contributed by atoms with E-state index in [9.17, 15) is 13.2 Å². The number of rotatable bonds is 9. The van der Waals surface area contributed by atoms with Gasteiger partial charge < -0.3 is 10.4 Å². The van der Waals surface area contributed by atoms with E-state index < -0.39 is 16.2 Å². The minimum absolute atomic E-state index is 0.141. The molecular weight excluding hydrogens is 294 g/mol. The van der Waals surface area contributed by atoms with Gasteiger partial charge in [-0.25, -0.2) is 4.79 Å². The van der Waals surface area contributed by atoms with Gasteiger partial charge in [-0.1, -0.05) is 30.5 Å². The third kappa shape index (κ3) is 7.10. The Balaban J connectivity index is 2.20. The molecule has 0 radical (unpaired) electrons. The van der Waals surface area contributed by atoms with Crippen LogP contribution in [0.15, 0.2) is 29.2 Å². The van der Waals surface area contributed by atoms with Crippen molar-refractivity contribution in [2.75, 3.05) is 13.2 Å². The van der Waals surface area contributed by atoms with Crippen LogP contribution in [0.2, 0.25) is 0 Å². The molecule has 0 aliphatic carbocycles. The van der Waals surface area contributed by atoms with Crippen molar-refractivity contribution in [2.24, 2.45) is 0 Å². The minimum Gasteiger partial charge on any atom is -0.465 e. The van der Waals surface area contributed by atoms with E-state index >= 15 is 0 Å². The van der Waals surface area contributed by atoms with Crippen LogP contribution in [0.4, 0.5) is 4.79 Å². The number of benzene rings is 1. The number of hydrogen-bond acceptors (Lipinski definition) is 4. The second-order valence-corrected chi connectivity index (χ2v) is 6.35. The summed E-state index contributed by atoms with van der Waals surface area (Å²) >= 11 is 0. The summed E-state index contributed by atoms with van der Waals surface area (Å²) in [7, 11) is -3.68. The maximum atomic E-state index is 11.9. The van der Waals surface area contributed by atoms with E-state index in [4.69, 9.17) is 9.29 Å². The number of unbranched alkanes of at least 4 members (excludes halogenated alkanes) is 3. The smallest absolute Gasteiger partial charge is 0.404 e. The molecule has 0 heterocycles. The molecule has 7 heteroatoms. The Kier molecular flexibility index (Phi) is 7.18. The van der Waals surface area contributed by atoms with Crippen molar-refractivity contribution in [3.8, 4) is 0 Å². The van der Waals surface area contributed by atoms with Crippen LogP contribution < -0.4 is 5.32 Å². The molecule has 2 N–H and O–H groups in total. The lowest BCUT2D eigenvalue weighted by Crippen LogP contribution is -2.21.